The Hall–Kier alpha value is -0.430. The molecule has 70 valence electrons. The molecule has 0 nitrogen and oxygen atoms in total. The molecule has 0 aromatic heterocycles. The molecule has 0 amide bonds. The quantitative estimate of drug-likeness (QED) is 0.693. The molecule has 1 aromatic carbocycles. The molecule has 0 fully saturated rings. The van der Waals surface area contributed by atoms with Gasteiger partial charge in [-0.15, -0.1) is 0 Å². The highest BCUT2D eigenvalue weighted by atomic mass is 32.2. The van der Waals surface area contributed by atoms with Crippen molar-refractivity contribution in [3.8, 4) is 0 Å². The summed E-state index contributed by atoms with van der Waals surface area (Å²) in [5, 5.41) is 0. The highest BCUT2D eigenvalue weighted by Gasteiger charge is 2.16. The van der Waals surface area contributed by atoms with Crippen LogP contribution in [-0.2, 0) is 12.8 Å². The average Bonchev–Trinajstić information content (AvgIpc) is 2.18. The molecule has 0 bridgehead atoms. The van der Waals surface area contributed by atoms with Crippen LogP contribution in [0.3, 0.4) is 0 Å². The molecule has 0 heterocycles. The third kappa shape index (κ3) is 2.08. The van der Waals surface area contributed by atoms with Crippen LogP contribution in [0.2, 0.25) is 0 Å². The third-order valence-electron chi connectivity index (χ3n) is 2.85. The first-order chi connectivity index (χ1) is 6.40. The van der Waals surface area contributed by atoms with E-state index in [1.165, 1.54) is 25.0 Å². The highest BCUT2D eigenvalue weighted by molar-refractivity contribution is 7.98. The second kappa shape index (κ2) is 4.19. The van der Waals surface area contributed by atoms with E-state index in [1.807, 2.05) is 11.8 Å². The van der Waals surface area contributed by atoms with Crippen LogP contribution in [0, 0.1) is 5.92 Å². The van der Waals surface area contributed by atoms with Gasteiger partial charge in [-0.2, -0.15) is 11.8 Å². The summed E-state index contributed by atoms with van der Waals surface area (Å²) in [6, 6.07) is 8.90. The molecular weight excluding hydrogens is 176 g/mol. The molecular formula is C12H16S. The van der Waals surface area contributed by atoms with Gasteiger partial charge in [-0.3, -0.25) is 0 Å². The van der Waals surface area contributed by atoms with Gasteiger partial charge in [-0.25, -0.2) is 0 Å². The Morgan fingerprint density at radius 3 is 2.85 bits per heavy atom. The maximum Gasteiger partial charge on any atom is -0.00386 e. The smallest absolute Gasteiger partial charge is 0.00386 e. The topological polar surface area (TPSA) is 0 Å². The Morgan fingerprint density at radius 2 is 2.08 bits per heavy atom. The Balaban J connectivity index is 2.11. The number of fused-ring (bicyclic) bond motifs is 1. The number of hydrogen-bond donors (Lipinski definition) is 0. The lowest BCUT2D eigenvalue weighted by molar-refractivity contribution is 0.510. The first kappa shape index (κ1) is 9.14. The van der Waals surface area contributed by atoms with E-state index in [1.54, 1.807) is 11.1 Å². The van der Waals surface area contributed by atoms with Gasteiger partial charge in [-0.1, -0.05) is 24.3 Å². The maximum atomic E-state index is 2.29. The zero-order valence-electron chi connectivity index (χ0n) is 8.12. The zero-order chi connectivity index (χ0) is 9.10. The van der Waals surface area contributed by atoms with Crippen LogP contribution in [-0.4, -0.2) is 12.0 Å². The Bertz CT molecular complexity index is 280. The first-order valence-corrected chi connectivity index (χ1v) is 6.35. The molecule has 1 unspecified atom stereocenters. The fraction of sp³-hybridized carbons (Fsp3) is 0.500. The number of aryl methyl sites for hydroxylation is 1. The summed E-state index contributed by atoms with van der Waals surface area (Å²) in [6.07, 6.45) is 6.19. The number of benzene rings is 1. The summed E-state index contributed by atoms with van der Waals surface area (Å²) in [5.41, 5.74) is 3.17. The normalized spacial score (nSPS) is 21.2. The van der Waals surface area contributed by atoms with Gasteiger partial charge in [0.15, 0.2) is 0 Å². The van der Waals surface area contributed by atoms with Crippen LogP contribution < -0.4 is 0 Å². The Labute approximate surface area is 84.7 Å². The van der Waals surface area contributed by atoms with Crippen molar-refractivity contribution in [3.63, 3.8) is 0 Å². The predicted octanol–water partition coefficient (Wildman–Crippen LogP) is 3.15. The predicted molar refractivity (Wildman–Crippen MR) is 60.3 cm³/mol. The Morgan fingerprint density at radius 1 is 1.31 bits per heavy atom. The molecule has 2 rings (SSSR count). The molecule has 1 aromatic rings. The molecule has 1 aliphatic rings. The summed E-state index contributed by atoms with van der Waals surface area (Å²) in [7, 11) is 0. The monoisotopic (exact) mass is 192 g/mol. The van der Waals surface area contributed by atoms with Gasteiger partial charge >= 0.3 is 0 Å². The SMILES string of the molecule is CSCC1CCc2ccccc2C1. The molecule has 13 heavy (non-hydrogen) atoms. The van der Waals surface area contributed by atoms with Crippen molar-refractivity contribution in [2.24, 2.45) is 5.92 Å². The van der Waals surface area contributed by atoms with Crippen molar-refractivity contribution in [2.75, 3.05) is 12.0 Å². The van der Waals surface area contributed by atoms with E-state index in [9.17, 15) is 0 Å². The van der Waals surface area contributed by atoms with Gasteiger partial charge in [0.1, 0.15) is 0 Å². The molecule has 0 N–H and O–H groups in total. The van der Waals surface area contributed by atoms with E-state index in [4.69, 9.17) is 0 Å². The minimum absolute atomic E-state index is 0.921. The second-order valence-electron chi connectivity index (χ2n) is 3.83. The summed E-state index contributed by atoms with van der Waals surface area (Å²) < 4.78 is 0. The van der Waals surface area contributed by atoms with Crippen LogP contribution in [0.4, 0.5) is 0 Å². The summed E-state index contributed by atoms with van der Waals surface area (Å²) in [4.78, 5) is 0. The summed E-state index contributed by atoms with van der Waals surface area (Å²) in [5.74, 6) is 2.25. The van der Waals surface area contributed by atoms with Gasteiger partial charge in [0.05, 0.1) is 0 Å². The van der Waals surface area contributed by atoms with Crippen molar-refractivity contribution in [2.45, 2.75) is 19.3 Å². The Kier molecular flexibility index (Phi) is 2.94. The van der Waals surface area contributed by atoms with Gasteiger partial charge in [0.2, 0.25) is 0 Å². The second-order valence-corrected chi connectivity index (χ2v) is 4.74. The van der Waals surface area contributed by atoms with Crippen molar-refractivity contribution >= 4 is 11.8 Å². The van der Waals surface area contributed by atoms with Crippen LogP contribution >= 0.6 is 11.8 Å². The standard InChI is InChI=1S/C12H16S/c1-13-9-10-6-7-11-4-2-3-5-12(11)8-10/h2-5,10H,6-9H2,1H3. The molecule has 0 radical (unpaired) electrons. The highest BCUT2D eigenvalue weighted by Crippen LogP contribution is 2.26. The zero-order valence-corrected chi connectivity index (χ0v) is 8.94. The van der Waals surface area contributed by atoms with Crippen LogP contribution in [0.1, 0.15) is 17.5 Å². The van der Waals surface area contributed by atoms with Crippen LogP contribution in [0.15, 0.2) is 24.3 Å². The summed E-state index contributed by atoms with van der Waals surface area (Å²) >= 11 is 1.98. The van der Waals surface area contributed by atoms with Crippen LogP contribution in [0.5, 0.6) is 0 Å². The molecule has 0 saturated carbocycles. The van der Waals surface area contributed by atoms with Crippen molar-refractivity contribution < 1.29 is 0 Å². The molecule has 0 spiro atoms. The lowest BCUT2D eigenvalue weighted by Crippen LogP contribution is -2.15. The fourth-order valence-electron chi connectivity index (χ4n) is 2.15. The van der Waals surface area contributed by atoms with Gasteiger partial charge in [-0.05, 0) is 48.3 Å². The average molecular weight is 192 g/mol. The van der Waals surface area contributed by atoms with E-state index >= 15 is 0 Å². The number of rotatable bonds is 2. The van der Waals surface area contributed by atoms with Gasteiger partial charge in [0, 0.05) is 0 Å². The van der Waals surface area contributed by atoms with Gasteiger partial charge < -0.3 is 0 Å². The molecule has 0 saturated heterocycles. The lowest BCUT2D eigenvalue weighted by Gasteiger charge is -2.23. The van der Waals surface area contributed by atoms with E-state index < -0.39 is 0 Å². The van der Waals surface area contributed by atoms with Crippen molar-refractivity contribution in [1.82, 2.24) is 0 Å². The van der Waals surface area contributed by atoms with Gasteiger partial charge in [0.25, 0.3) is 0 Å². The molecule has 0 aliphatic heterocycles. The molecule has 1 heteroatoms. The minimum Gasteiger partial charge on any atom is -0.165 e. The minimum atomic E-state index is 0.921. The number of thioether (sulfide) groups is 1. The maximum absolute atomic E-state index is 2.29. The van der Waals surface area contributed by atoms with E-state index in [0.29, 0.717) is 0 Å². The number of hydrogen-bond acceptors (Lipinski definition) is 1. The van der Waals surface area contributed by atoms with Crippen LogP contribution in [0.25, 0.3) is 0 Å². The lowest BCUT2D eigenvalue weighted by atomic mass is 9.85. The van der Waals surface area contributed by atoms with E-state index in [0.717, 1.165) is 5.92 Å². The van der Waals surface area contributed by atoms with Crippen molar-refractivity contribution in [1.29, 1.82) is 0 Å². The van der Waals surface area contributed by atoms with E-state index in [-0.39, 0.29) is 0 Å². The largest absolute Gasteiger partial charge is 0.165 e. The van der Waals surface area contributed by atoms with Crippen molar-refractivity contribution in [3.05, 3.63) is 35.4 Å². The molecule has 1 atom stereocenters. The van der Waals surface area contributed by atoms with E-state index in [2.05, 4.69) is 30.5 Å². The fourth-order valence-corrected chi connectivity index (χ4v) is 2.91. The first-order valence-electron chi connectivity index (χ1n) is 4.96. The summed E-state index contributed by atoms with van der Waals surface area (Å²) in [6.45, 7) is 0. The third-order valence-corrected chi connectivity index (χ3v) is 3.66. The molecule has 1 aliphatic carbocycles.